The van der Waals surface area contributed by atoms with E-state index in [0.29, 0.717) is 0 Å². The fraction of sp³-hybridized carbons (Fsp3) is 0.500. The predicted octanol–water partition coefficient (Wildman–Crippen LogP) is 2.23. The SMILES string of the molecule is CC(=O)N1CC2(CCNC2)Cc2cc(Cl)ccc21. The van der Waals surface area contributed by atoms with Crippen molar-refractivity contribution in [2.45, 2.75) is 19.8 Å². The van der Waals surface area contributed by atoms with E-state index < -0.39 is 0 Å². The van der Waals surface area contributed by atoms with Gasteiger partial charge in [0.05, 0.1) is 0 Å². The second-order valence-corrected chi connectivity index (χ2v) is 5.92. The van der Waals surface area contributed by atoms with Crippen LogP contribution in [0, 0.1) is 5.41 Å². The predicted molar refractivity (Wildman–Crippen MR) is 73.1 cm³/mol. The van der Waals surface area contributed by atoms with Gasteiger partial charge in [-0.1, -0.05) is 11.6 Å². The van der Waals surface area contributed by atoms with Gasteiger partial charge in [-0.15, -0.1) is 0 Å². The Morgan fingerprint density at radius 2 is 2.33 bits per heavy atom. The second-order valence-electron chi connectivity index (χ2n) is 5.48. The second kappa shape index (κ2) is 4.25. The van der Waals surface area contributed by atoms with Crippen molar-refractivity contribution in [3.05, 3.63) is 28.8 Å². The van der Waals surface area contributed by atoms with Gasteiger partial charge >= 0.3 is 0 Å². The van der Waals surface area contributed by atoms with Crippen LogP contribution in [-0.4, -0.2) is 25.5 Å². The van der Waals surface area contributed by atoms with Crippen molar-refractivity contribution in [1.82, 2.24) is 5.32 Å². The van der Waals surface area contributed by atoms with Crippen LogP contribution in [0.2, 0.25) is 5.02 Å². The molecule has 0 aromatic heterocycles. The summed E-state index contributed by atoms with van der Waals surface area (Å²) in [5, 5.41) is 4.17. The summed E-state index contributed by atoms with van der Waals surface area (Å²) in [4.78, 5) is 13.8. The van der Waals surface area contributed by atoms with Crippen LogP contribution >= 0.6 is 11.6 Å². The third-order valence-electron chi connectivity index (χ3n) is 4.10. The van der Waals surface area contributed by atoms with E-state index in [4.69, 9.17) is 11.6 Å². The molecule has 1 spiro atoms. The molecule has 0 radical (unpaired) electrons. The Labute approximate surface area is 112 Å². The number of amides is 1. The molecule has 3 nitrogen and oxygen atoms in total. The van der Waals surface area contributed by atoms with E-state index in [1.165, 1.54) is 5.56 Å². The van der Waals surface area contributed by atoms with Crippen molar-refractivity contribution in [3.63, 3.8) is 0 Å². The number of hydrogen-bond donors (Lipinski definition) is 1. The fourth-order valence-electron chi connectivity index (χ4n) is 3.20. The van der Waals surface area contributed by atoms with Gasteiger partial charge in [0.15, 0.2) is 0 Å². The minimum absolute atomic E-state index is 0.115. The highest BCUT2D eigenvalue weighted by Crippen LogP contribution is 2.41. The molecule has 0 aliphatic carbocycles. The van der Waals surface area contributed by atoms with Crippen molar-refractivity contribution in [2.75, 3.05) is 24.5 Å². The van der Waals surface area contributed by atoms with Crippen LogP contribution in [0.1, 0.15) is 18.9 Å². The molecule has 3 rings (SSSR count). The summed E-state index contributed by atoms with van der Waals surface area (Å²) in [5.74, 6) is 0.115. The first-order valence-corrected chi connectivity index (χ1v) is 6.75. The Morgan fingerprint density at radius 1 is 1.50 bits per heavy atom. The molecule has 2 aliphatic heterocycles. The number of rotatable bonds is 0. The number of carbonyl (C=O) groups is 1. The largest absolute Gasteiger partial charge is 0.316 e. The van der Waals surface area contributed by atoms with Crippen LogP contribution in [0.5, 0.6) is 0 Å². The van der Waals surface area contributed by atoms with Crippen molar-refractivity contribution in [3.8, 4) is 0 Å². The van der Waals surface area contributed by atoms with Gasteiger partial charge in [-0.05, 0) is 43.1 Å². The van der Waals surface area contributed by atoms with Gasteiger partial charge in [0.1, 0.15) is 0 Å². The van der Waals surface area contributed by atoms with E-state index in [9.17, 15) is 4.79 Å². The summed E-state index contributed by atoms with van der Waals surface area (Å²) in [5.41, 5.74) is 2.43. The minimum atomic E-state index is 0.115. The maximum Gasteiger partial charge on any atom is 0.223 e. The molecule has 2 aliphatic rings. The van der Waals surface area contributed by atoms with Gasteiger partial charge in [-0.3, -0.25) is 4.79 Å². The summed E-state index contributed by atoms with van der Waals surface area (Å²) in [7, 11) is 0. The number of hydrogen-bond acceptors (Lipinski definition) is 2. The quantitative estimate of drug-likeness (QED) is 0.779. The van der Waals surface area contributed by atoms with Crippen LogP contribution in [0.4, 0.5) is 5.69 Å². The standard InChI is InChI=1S/C14H17ClN2O/c1-10(18)17-9-14(4-5-16-8-14)7-11-6-12(15)2-3-13(11)17/h2-3,6,16H,4-5,7-9H2,1H3. The van der Waals surface area contributed by atoms with Gasteiger partial charge in [-0.2, -0.15) is 0 Å². The number of anilines is 1. The number of nitrogens with one attached hydrogen (secondary N) is 1. The van der Waals surface area contributed by atoms with Gasteiger partial charge < -0.3 is 10.2 Å². The monoisotopic (exact) mass is 264 g/mol. The normalized spacial score (nSPS) is 26.4. The summed E-state index contributed by atoms with van der Waals surface area (Å²) < 4.78 is 0. The fourth-order valence-corrected chi connectivity index (χ4v) is 3.40. The highest BCUT2D eigenvalue weighted by atomic mass is 35.5. The molecule has 18 heavy (non-hydrogen) atoms. The smallest absolute Gasteiger partial charge is 0.223 e. The lowest BCUT2D eigenvalue weighted by atomic mass is 9.77. The Kier molecular flexibility index (Phi) is 2.83. The molecule has 1 amide bonds. The summed E-state index contributed by atoms with van der Waals surface area (Å²) in [6.45, 7) is 4.49. The van der Waals surface area contributed by atoms with Crippen molar-refractivity contribution in [2.24, 2.45) is 5.41 Å². The third kappa shape index (κ3) is 1.91. The highest BCUT2D eigenvalue weighted by Gasteiger charge is 2.41. The number of nitrogens with zero attached hydrogens (tertiary/aromatic N) is 1. The Hall–Kier alpha value is -1.06. The Balaban J connectivity index is 2.05. The van der Waals surface area contributed by atoms with Gasteiger partial charge in [0.2, 0.25) is 5.91 Å². The lowest BCUT2D eigenvalue weighted by Crippen LogP contribution is -2.47. The lowest BCUT2D eigenvalue weighted by Gasteiger charge is -2.41. The molecule has 0 saturated carbocycles. The molecule has 1 unspecified atom stereocenters. The Bertz CT molecular complexity index is 495. The van der Waals surface area contributed by atoms with Crippen molar-refractivity contribution >= 4 is 23.2 Å². The summed E-state index contributed by atoms with van der Waals surface area (Å²) in [6, 6.07) is 5.83. The van der Waals surface area contributed by atoms with Crippen LogP contribution in [0.3, 0.4) is 0 Å². The lowest BCUT2D eigenvalue weighted by molar-refractivity contribution is -0.117. The van der Waals surface area contributed by atoms with Crippen molar-refractivity contribution < 1.29 is 4.79 Å². The molecule has 1 N–H and O–H groups in total. The van der Waals surface area contributed by atoms with Gasteiger partial charge in [0.25, 0.3) is 0 Å². The molecular formula is C14H17ClN2O. The average Bonchev–Trinajstić information content (AvgIpc) is 2.75. The molecule has 1 fully saturated rings. The van der Waals surface area contributed by atoms with Crippen LogP contribution in [0.25, 0.3) is 0 Å². The third-order valence-corrected chi connectivity index (χ3v) is 4.34. The maximum atomic E-state index is 11.9. The molecule has 1 saturated heterocycles. The van der Waals surface area contributed by atoms with Crippen LogP contribution < -0.4 is 10.2 Å². The van der Waals surface area contributed by atoms with Gasteiger partial charge in [0, 0.05) is 36.1 Å². The number of fused-ring (bicyclic) bond motifs is 1. The molecule has 2 heterocycles. The van der Waals surface area contributed by atoms with E-state index in [1.807, 2.05) is 23.1 Å². The number of carbonyl (C=O) groups excluding carboxylic acids is 1. The molecule has 0 bridgehead atoms. The first kappa shape index (κ1) is 12.0. The van der Waals surface area contributed by atoms with E-state index in [1.54, 1.807) is 6.92 Å². The summed E-state index contributed by atoms with van der Waals surface area (Å²) in [6.07, 6.45) is 2.14. The molecular weight excluding hydrogens is 248 g/mol. The molecule has 4 heteroatoms. The van der Waals surface area contributed by atoms with Crippen LogP contribution in [-0.2, 0) is 11.2 Å². The van der Waals surface area contributed by atoms with E-state index in [-0.39, 0.29) is 11.3 Å². The molecule has 1 aromatic rings. The first-order chi connectivity index (χ1) is 8.60. The first-order valence-electron chi connectivity index (χ1n) is 6.37. The van der Waals surface area contributed by atoms with Crippen LogP contribution in [0.15, 0.2) is 18.2 Å². The number of benzene rings is 1. The Morgan fingerprint density at radius 3 is 3.00 bits per heavy atom. The molecule has 1 atom stereocenters. The minimum Gasteiger partial charge on any atom is -0.316 e. The van der Waals surface area contributed by atoms with Gasteiger partial charge in [-0.25, -0.2) is 0 Å². The number of halogens is 1. The zero-order valence-electron chi connectivity index (χ0n) is 10.5. The topological polar surface area (TPSA) is 32.3 Å². The summed E-state index contributed by atoms with van der Waals surface area (Å²) >= 11 is 6.08. The highest BCUT2D eigenvalue weighted by molar-refractivity contribution is 6.30. The van der Waals surface area contributed by atoms with Crippen molar-refractivity contribution in [1.29, 1.82) is 0 Å². The van der Waals surface area contributed by atoms with E-state index in [0.717, 1.165) is 43.2 Å². The zero-order valence-corrected chi connectivity index (χ0v) is 11.3. The van der Waals surface area contributed by atoms with E-state index >= 15 is 0 Å². The van der Waals surface area contributed by atoms with E-state index in [2.05, 4.69) is 5.32 Å². The molecule has 96 valence electrons. The average molecular weight is 265 g/mol. The zero-order chi connectivity index (χ0) is 12.8. The molecule has 1 aromatic carbocycles. The maximum absolute atomic E-state index is 11.9.